The molecule has 1 N–H and O–H groups in total. The molecule has 1 fully saturated rings. The summed E-state index contributed by atoms with van der Waals surface area (Å²) in [5.41, 5.74) is 1.07. The van der Waals surface area contributed by atoms with Crippen molar-refractivity contribution in [3.63, 3.8) is 0 Å². The van der Waals surface area contributed by atoms with E-state index in [1.807, 2.05) is 18.2 Å². The van der Waals surface area contributed by atoms with Crippen LogP contribution in [0.1, 0.15) is 51.9 Å². The molecule has 0 atom stereocenters. The van der Waals surface area contributed by atoms with Crippen molar-refractivity contribution in [2.45, 2.75) is 51.9 Å². The molecule has 0 aromatic heterocycles. The molecular formula is C19H29NO2. The minimum Gasteiger partial charge on any atom is -0.497 e. The fraction of sp³-hybridized carbons (Fsp3) is 0.632. The summed E-state index contributed by atoms with van der Waals surface area (Å²) in [6, 6.07) is 0. The van der Waals surface area contributed by atoms with Crippen molar-refractivity contribution in [1.29, 1.82) is 0 Å². The van der Waals surface area contributed by atoms with Crippen molar-refractivity contribution in [2.75, 3.05) is 13.7 Å². The van der Waals surface area contributed by atoms with Crippen molar-refractivity contribution in [3.05, 3.63) is 35.6 Å². The summed E-state index contributed by atoms with van der Waals surface area (Å²) < 4.78 is 5.21. The third kappa shape index (κ3) is 5.36. The van der Waals surface area contributed by atoms with Gasteiger partial charge in [0.05, 0.1) is 13.5 Å². The van der Waals surface area contributed by atoms with E-state index in [1.165, 1.54) is 32.1 Å². The summed E-state index contributed by atoms with van der Waals surface area (Å²) in [5.74, 6) is 2.58. The first-order chi connectivity index (χ1) is 10.7. The summed E-state index contributed by atoms with van der Waals surface area (Å²) in [7, 11) is 1.67. The van der Waals surface area contributed by atoms with Crippen molar-refractivity contribution >= 4 is 5.91 Å². The lowest BCUT2D eigenvalue weighted by Gasteiger charge is -2.27. The Morgan fingerprint density at radius 3 is 2.59 bits per heavy atom. The number of hydrogen-bond donors (Lipinski definition) is 1. The largest absolute Gasteiger partial charge is 0.497 e. The second-order valence-electron chi connectivity index (χ2n) is 6.43. The SMILES string of the molecule is CCC1CCC(CNC(=O)CC2=CCC=C(OC)C=C2)CC1. The fourth-order valence-corrected chi connectivity index (χ4v) is 3.28. The van der Waals surface area contributed by atoms with Crippen molar-refractivity contribution < 1.29 is 9.53 Å². The predicted molar refractivity (Wildman–Crippen MR) is 90.3 cm³/mol. The molecule has 0 radical (unpaired) electrons. The number of allylic oxidation sites excluding steroid dienone is 4. The molecule has 3 nitrogen and oxygen atoms in total. The summed E-state index contributed by atoms with van der Waals surface area (Å²) in [6.45, 7) is 3.12. The van der Waals surface area contributed by atoms with Gasteiger partial charge in [0.25, 0.3) is 0 Å². The van der Waals surface area contributed by atoms with Gasteiger partial charge in [-0.2, -0.15) is 0 Å². The highest BCUT2D eigenvalue weighted by Gasteiger charge is 2.20. The maximum Gasteiger partial charge on any atom is 0.224 e. The highest BCUT2D eigenvalue weighted by atomic mass is 16.5. The Balaban J connectivity index is 1.69. The Morgan fingerprint density at radius 1 is 1.18 bits per heavy atom. The lowest BCUT2D eigenvalue weighted by Crippen LogP contribution is -2.31. The molecule has 3 heteroatoms. The number of hydrogen-bond acceptors (Lipinski definition) is 2. The molecule has 22 heavy (non-hydrogen) atoms. The van der Waals surface area contributed by atoms with Crippen LogP contribution in [-0.4, -0.2) is 19.6 Å². The van der Waals surface area contributed by atoms with Gasteiger partial charge in [-0.3, -0.25) is 4.79 Å². The molecule has 122 valence electrons. The van der Waals surface area contributed by atoms with E-state index < -0.39 is 0 Å². The molecule has 0 aliphatic heterocycles. The Hall–Kier alpha value is -1.51. The lowest BCUT2D eigenvalue weighted by atomic mass is 9.81. The van der Waals surface area contributed by atoms with Crippen LogP contribution in [0.3, 0.4) is 0 Å². The van der Waals surface area contributed by atoms with E-state index in [2.05, 4.69) is 18.3 Å². The number of rotatable bonds is 6. The van der Waals surface area contributed by atoms with Crippen LogP contribution in [-0.2, 0) is 9.53 Å². The zero-order valence-electron chi connectivity index (χ0n) is 13.9. The van der Waals surface area contributed by atoms with E-state index in [4.69, 9.17) is 4.74 Å². The topological polar surface area (TPSA) is 38.3 Å². The first-order valence-electron chi connectivity index (χ1n) is 8.59. The van der Waals surface area contributed by atoms with Gasteiger partial charge in [0.15, 0.2) is 0 Å². The molecule has 0 bridgehead atoms. The number of ether oxygens (including phenoxy) is 1. The van der Waals surface area contributed by atoms with E-state index in [1.54, 1.807) is 7.11 Å². The third-order valence-electron chi connectivity index (χ3n) is 4.89. The molecule has 0 heterocycles. The standard InChI is InChI=1S/C19H29NO2/c1-3-15-7-9-17(10-8-15)14-20-19(21)13-16-5-4-6-18(22-2)12-11-16/h5-6,11-12,15,17H,3-4,7-10,13-14H2,1-2H3,(H,20,21). The van der Waals surface area contributed by atoms with E-state index in [9.17, 15) is 4.79 Å². The second-order valence-corrected chi connectivity index (χ2v) is 6.43. The maximum absolute atomic E-state index is 12.1. The van der Waals surface area contributed by atoms with Gasteiger partial charge < -0.3 is 10.1 Å². The van der Waals surface area contributed by atoms with Gasteiger partial charge in [-0.15, -0.1) is 0 Å². The predicted octanol–water partition coefficient (Wildman–Crippen LogP) is 4.13. The number of nitrogens with one attached hydrogen (secondary N) is 1. The van der Waals surface area contributed by atoms with Gasteiger partial charge >= 0.3 is 0 Å². The molecule has 0 aromatic rings. The van der Waals surface area contributed by atoms with Crippen LogP contribution in [0, 0.1) is 11.8 Å². The second kappa shape index (κ2) is 8.82. The Kier molecular flexibility index (Phi) is 6.75. The van der Waals surface area contributed by atoms with E-state index in [0.29, 0.717) is 12.3 Å². The third-order valence-corrected chi connectivity index (χ3v) is 4.89. The van der Waals surface area contributed by atoms with Crippen LogP contribution < -0.4 is 5.32 Å². The highest BCUT2D eigenvalue weighted by Crippen LogP contribution is 2.30. The van der Waals surface area contributed by atoms with Crippen LogP contribution in [0.2, 0.25) is 0 Å². The Morgan fingerprint density at radius 2 is 1.91 bits per heavy atom. The monoisotopic (exact) mass is 303 g/mol. The normalized spacial score (nSPS) is 25.0. The minimum absolute atomic E-state index is 0.134. The van der Waals surface area contributed by atoms with Gasteiger partial charge in [-0.1, -0.05) is 38.3 Å². The van der Waals surface area contributed by atoms with Crippen LogP contribution >= 0.6 is 0 Å². The molecule has 0 unspecified atom stereocenters. The zero-order chi connectivity index (χ0) is 15.8. The van der Waals surface area contributed by atoms with Crippen LogP contribution in [0.15, 0.2) is 35.6 Å². The van der Waals surface area contributed by atoms with Crippen LogP contribution in [0.5, 0.6) is 0 Å². The van der Waals surface area contributed by atoms with E-state index >= 15 is 0 Å². The quantitative estimate of drug-likeness (QED) is 0.801. The number of carbonyl (C=O) groups is 1. The summed E-state index contributed by atoms with van der Waals surface area (Å²) in [4.78, 5) is 12.1. The number of amides is 1. The molecule has 0 saturated heterocycles. The van der Waals surface area contributed by atoms with Gasteiger partial charge in [0.1, 0.15) is 5.76 Å². The van der Waals surface area contributed by atoms with Crippen LogP contribution in [0.4, 0.5) is 0 Å². The van der Waals surface area contributed by atoms with Gasteiger partial charge in [0, 0.05) is 6.54 Å². The number of methoxy groups -OCH3 is 1. The van der Waals surface area contributed by atoms with Crippen molar-refractivity contribution in [3.8, 4) is 0 Å². The van der Waals surface area contributed by atoms with Gasteiger partial charge in [-0.25, -0.2) is 0 Å². The maximum atomic E-state index is 12.1. The van der Waals surface area contributed by atoms with Crippen molar-refractivity contribution in [1.82, 2.24) is 5.32 Å². The first-order valence-corrected chi connectivity index (χ1v) is 8.59. The number of carbonyl (C=O) groups excluding carboxylic acids is 1. The summed E-state index contributed by atoms with van der Waals surface area (Å²) in [6.07, 6.45) is 15.8. The molecular weight excluding hydrogens is 274 g/mol. The molecule has 2 rings (SSSR count). The smallest absolute Gasteiger partial charge is 0.224 e. The lowest BCUT2D eigenvalue weighted by molar-refractivity contribution is -0.120. The summed E-state index contributed by atoms with van der Waals surface area (Å²) >= 11 is 0. The van der Waals surface area contributed by atoms with E-state index in [0.717, 1.165) is 30.2 Å². The molecule has 1 amide bonds. The van der Waals surface area contributed by atoms with E-state index in [-0.39, 0.29) is 5.91 Å². The molecule has 0 spiro atoms. The zero-order valence-corrected chi connectivity index (χ0v) is 13.9. The average molecular weight is 303 g/mol. The van der Waals surface area contributed by atoms with Crippen LogP contribution in [0.25, 0.3) is 0 Å². The highest BCUT2D eigenvalue weighted by molar-refractivity contribution is 5.79. The average Bonchev–Trinajstić information content (AvgIpc) is 2.78. The fourth-order valence-electron chi connectivity index (χ4n) is 3.28. The van der Waals surface area contributed by atoms with Gasteiger partial charge in [0.2, 0.25) is 5.91 Å². The molecule has 2 aliphatic rings. The molecule has 0 aromatic carbocycles. The Labute approximate surface area is 134 Å². The van der Waals surface area contributed by atoms with Gasteiger partial charge in [-0.05, 0) is 48.8 Å². The first kappa shape index (κ1) is 16.9. The molecule has 1 saturated carbocycles. The minimum atomic E-state index is 0.134. The van der Waals surface area contributed by atoms with Crippen molar-refractivity contribution in [2.24, 2.45) is 11.8 Å². The summed E-state index contributed by atoms with van der Waals surface area (Å²) in [5, 5.41) is 3.12. The molecule has 2 aliphatic carbocycles. The Bertz CT molecular complexity index is 454.